The smallest absolute Gasteiger partial charge is 0.213 e. The molecule has 1 heterocycles. The summed E-state index contributed by atoms with van der Waals surface area (Å²) >= 11 is 0. The molecule has 0 radical (unpaired) electrons. The van der Waals surface area contributed by atoms with E-state index in [4.69, 9.17) is 0 Å². The topological polar surface area (TPSA) is 72.0 Å². The van der Waals surface area contributed by atoms with Gasteiger partial charge in [-0.1, -0.05) is 31.2 Å². The molecule has 1 aromatic heterocycles. The number of aromatic nitrogens is 2. The molecule has 5 nitrogen and oxygen atoms in total. The highest BCUT2D eigenvalue weighted by molar-refractivity contribution is 7.90. The molecule has 0 spiro atoms. The minimum atomic E-state index is -3.22. The molecular weight excluding hydrogens is 298 g/mol. The van der Waals surface area contributed by atoms with Crippen LogP contribution in [0.15, 0.2) is 43.0 Å². The van der Waals surface area contributed by atoms with E-state index in [0.717, 1.165) is 16.7 Å². The van der Waals surface area contributed by atoms with E-state index in [2.05, 4.69) is 14.7 Å². The Morgan fingerprint density at radius 3 is 2.14 bits per heavy atom. The molecule has 2 aromatic rings. The van der Waals surface area contributed by atoms with E-state index in [-0.39, 0.29) is 5.92 Å². The van der Waals surface area contributed by atoms with E-state index < -0.39 is 15.3 Å². The Labute approximate surface area is 131 Å². The summed E-state index contributed by atoms with van der Waals surface area (Å²) in [5.41, 5.74) is 3.09. The maximum atomic E-state index is 11.8. The van der Waals surface area contributed by atoms with E-state index in [1.54, 1.807) is 26.2 Å². The normalized spacial score (nSPS) is 13.3. The van der Waals surface area contributed by atoms with Crippen LogP contribution in [0.2, 0.25) is 0 Å². The number of rotatable bonds is 6. The lowest BCUT2D eigenvalue weighted by Crippen LogP contribution is -2.33. The summed E-state index contributed by atoms with van der Waals surface area (Å²) in [6.07, 6.45) is 5.03. The van der Waals surface area contributed by atoms with Gasteiger partial charge in [0.1, 0.15) is 6.33 Å². The fourth-order valence-corrected chi connectivity index (χ4v) is 2.79. The fraction of sp³-hybridized carbons (Fsp3) is 0.375. The Morgan fingerprint density at radius 1 is 1.00 bits per heavy atom. The second-order valence-corrected chi connectivity index (χ2v) is 7.91. The Bertz CT molecular complexity index is 698. The second-order valence-electron chi connectivity index (χ2n) is 5.59. The highest BCUT2D eigenvalue weighted by Gasteiger charge is 2.16. The van der Waals surface area contributed by atoms with Gasteiger partial charge in [-0.25, -0.2) is 23.1 Å². The summed E-state index contributed by atoms with van der Waals surface area (Å²) in [6.45, 7) is 5.74. The molecule has 1 atom stereocenters. The zero-order valence-corrected chi connectivity index (χ0v) is 13.8. The lowest BCUT2D eigenvalue weighted by molar-refractivity contribution is 0.566. The number of hydrogen-bond donors (Lipinski definition) is 1. The summed E-state index contributed by atoms with van der Waals surface area (Å²) in [4.78, 5) is 8.01. The maximum absolute atomic E-state index is 11.8. The first-order chi connectivity index (χ1) is 10.4. The number of nitrogens with one attached hydrogen (secondary N) is 1. The lowest BCUT2D eigenvalue weighted by atomic mass is 9.99. The molecule has 0 aliphatic rings. The zero-order chi connectivity index (χ0) is 16.2. The van der Waals surface area contributed by atoms with Crippen LogP contribution in [0.4, 0.5) is 0 Å². The molecule has 0 aliphatic carbocycles. The van der Waals surface area contributed by atoms with Crippen molar-refractivity contribution in [3.05, 3.63) is 48.5 Å². The van der Waals surface area contributed by atoms with E-state index in [1.165, 1.54) is 6.33 Å². The maximum Gasteiger partial charge on any atom is 0.213 e. The van der Waals surface area contributed by atoms with Crippen LogP contribution in [0, 0.1) is 0 Å². The molecule has 0 saturated heterocycles. The third-order valence-electron chi connectivity index (χ3n) is 3.58. The van der Waals surface area contributed by atoms with E-state index in [1.807, 2.05) is 31.2 Å². The minimum Gasteiger partial charge on any atom is -0.244 e. The lowest BCUT2D eigenvalue weighted by Gasteiger charge is -2.15. The molecule has 0 fully saturated rings. The van der Waals surface area contributed by atoms with Crippen LogP contribution in [0.1, 0.15) is 32.3 Å². The first-order valence-corrected chi connectivity index (χ1v) is 8.78. The predicted molar refractivity (Wildman–Crippen MR) is 87.9 cm³/mol. The largest absolute Gasteiger partial charge is 0.244 e. The molecule has 118 valence electrons. The molecule has 1 unspecified atom stereocenters. The van der Waals surface area contributed by atoms with Gasteiger partial charge in [0, 0.05) is 24.5 Å². The van der Waals surface area contributed by atoms with Crippen LogP contribution in [-0.2, 0) is 10.0 Å². The highest BCUT2D eigenvalue weighted by Crippen LogP contribution is 2.21. The van der Waals surface area contributed by atoms with Crippen molar-refractivity contribution in [3.63, 3.8) is 0 Å². The van der Waals surface area contributed by atoms with Crippen molar-refractivity contribution in [3.8, 4) is 11.1 Å². The van der Waals surface area contributed by atoms with Crippen molar-refractivity contribution in [2.24, 2.45) is 0 Å². The van der Waals surface area contributed by atoms with Gasteiger partial charge >= 0.3 is 0 Å². The van der Waals surface area contributed by atoms with Gasteiger partial charge in [-0.15, -0.1) is 0 Å². The third kappa shape index (κ3) is 4.11. The van der Waals surface area contributed by atoms with Crippen LogP contribution in [-0.4, -0.2) is 30.2 Å². The highest BCUT2D eigenvalue weighted by atomic mass is 32.2. The molecule has 0 aliphatic heterocycles. The minimum absolute atomic E-state index is 0.106. The first kappa shape index (κ1) is 16.6. The zero-order valence-electron chi connectivity index (χ0n) is 13.0. The first-order valence-electron chi connectivity index (χ1n) is 7.24. The van der Waals surface area contributed by atoms with Crippen LogP contribution in [0.25, 0.3) is 11.1 Å². The molecule has 6 heteroatoms. The average molecular weight is 319 g/mol. The Hall–Kier alpha value is -1.79. The molecule has 22 heavy (non-hydrogen) atoms. The van der Waals surface area contributed by atoms with Crippen LogP contribution >= 0.6 is 0 Å². The van der Waals surface area contributed by atoms with Gasteiger partial charge in [0.2, 0.25) is 10.0 Å². The van der Waals surface area contributed by atoms with Gasteiger partial charge in [-0.3, -0.25) is 0 Å². The van der Waals surface area contributed by atoms with Gasteiger partial charge in [-0.05, 0) is 30.9 Å². The number of benzene rings is 1. The molecule has 1 aromatic carbocycles. The summed E-state index contributed by atoms with van der Waals surface area (Å²) in [6, 6.07) is 8.02. The molecule has 0 bridgehead atoms. The summed E-state index contributed by atoms with van der Waals surface area (Å²) in [7, 11) is -3.22. The Balaban J connectivity index is 2.04. The number of nitrogens with zero attached hydrogens (tertiary/aromatic N) is 2. The molecule has 0 saturated carbocycles. The monoisotopic (exact) mass is 319 g/mol. The Morgan fingerprint density at radius 2 is 1.59 bits per heavy atom. The predicted octanol–water partition coefficient (Wildman–Crippen LogP) is 2.57. The van der Waals surface area contributed by atoms with Gasteiger partial charge in [0.05, 0.1) is 5.25 Å². The van der Waals surface area contributed by atoms with Crippen molar-refractivity contribution in [1.82, 2.24) is 14.7 Å². The molecule has 0 amide bonds. The summed E-state index contributed by atoms with van der Waals surface area (Å²) in [5.74, 6) is 0.106. The van der Waals surface area contributed by atoms with Crippen molar-refractivity contribution in [2.75, 3.05) is 6.54 Å². The average Bonchev–Trinajstić information content (AvgIpc) is 2.53. The van der Waals surface area contributed by atoms with Crippen molar-refractivity contribution in [2.45, 2.75) is 31.9 Å². The molecule has 2 rings (SSSR count). The number of hydrogen-bond acceptors (Lipinski definition) is 4. The van der Waals surface area contributed by atoms with Crippen LogP contribution in [0.5, 0.6) is 0 Å². The summed E-state index contributed by atoms with van der Waals surface area (Å²) in [5, 5.41) is -0.417. The summed E-state index contributed by atoms with van der Waals surface area (Å²) < 4.78 is 26.2. The van der Waals surface area contributed by atoms with E-state index >= 15 is 0 Å². The molecule has 1 N–H and O–H groups in total. The van der Waals surface area contributed by atoms with Crippen molar-refractivity contribution < 1.29 is 8.42 Å². The van der Waals surface area contributed by atoms with E-state index in [0.29, 0.717) is 6.54 Å². The SMILES string of the molecule is CC(CNS(=O)(=O)C(C)C)c1ccc(-c2cncnc2)cc1. The quantitative estimate of drug-likeness (QED) is 0.888. The van der Waals surface area contributed by atoms with Crippen LogP contribution < -0.4 is 4.72 Å². The molecular formula is C16H21N3O2S. The number of sulfonamides is 1. The van der Waals surface area contributed by atoms with Crippen LogP contribution in [0.3, 0.4) is 0 Å². The fourth-order valence-electron chi connectivity index (χ4n) is 1.98. The third-order valence-corrected chi connectivity index (χ3v) is 5.40. The Kier molecular flexibility index (Phi) is 5.26. The van der Waals surface area contributed by atoms with Gasteiger partial charge in [-0.2, -0.15) is 0 Å². The van der Waals surface area contributed by atoms with E-state index in [9.17, 15) is 8.42 Å². The van der Waals surface area contributed by atoms with Crippen molar-refractivity contribution >= 4 is 10.0 Å². The van der Waals surface area contributed by atoms with Crippen molar-refractivity contribution in [1.29, 1.82) is 0 Å². The van der Waals surface area contributed by atoms with Gasteiger partial charge in [0.15, 0.2) is 0 Å². The second kappa shape index (κ2) is 6.98. The standard InChI is InChI=1S/C16H21N3O2S/c1-12(2)22(20,21)19-8-13(3)14-4-6-15(7-5-14)16-9-17-11-18-10-16/h4-7,9-13,19H,8H2,1-3H3. The van der Waals surface area contributed by atoms with Gasteiger partial charge < -0.3 is 0 Å². The van der Waals surface area contributed by atoms with Gasteiger partial charge in [0.25, 0.3) is 0 Å².